The lowest BCUT2D eigenvalue weighted by Crippen LogP contribution is -2.28. The third-order valence-electron chi connectivity index (χ3n) is 3.48. The van der Waals surface area contributed by atoms with E-state index >= 15 is 0 Å². The van der Waals surface area contributed by atoms with Crippen LogP contribution in [0.1, 0.15) is 22.9 Å². The van der Waals surface area contributed by atoms with Crippen LogP contribution in [0, 0.1) is 6.92 Å². The van der Waals surface area contributed by atoms with E-state index in [-0.39, 0.29) is 6.04 Å². The summed E-state index contributed by atoms with van der Waals surface area (Å²) in [6.07, 6.45) is 0. The minimum atomic E-state index is -0.231. The Labute approximate surface area is 136 Å². The molecule has 3 nitrogen and oxygen atoms in total. The Morgan fingerprint density at radius 3 is 2.81 bits per heavy atom. The summed E-state index contributed by atoms with van der Waals surface area (Å²) in [6.45, 7) is 2.04. The maximum absolute atomic E-state index is 6.01. The summed E-state index contributed by atoms with van der Waals surface area (Å²) in [5.74, 6) is 6.50. The minimum Gasteiger partial charge on any atom is -0.459 e. The number of aryl methyl sites for hydroxylation is 1. The van der Waals surface area contributed by atoms with Crippen molar-refractivity contribution in [1.29, 1.82) is 0 Å². The summed E-state index contributed by atoms with van der Waals surface area (Å²) < 4.78 is 6.92. The first-order valence-corrected chi connectivity index (χ1v) is 7.67. The molecule has 1 aromatic heterocycles. The molecule has 0 aliphatic rings. The highest BCUT2D eigenvalue weighted by Gasteiger charge is 2.20. The summed E-state index contributed by atoms with van der Waals surface area (Å²) in [6, 6.07) is 13.3. The third kappa shape index (κ3) is 2.72. The monoisotopic (exact) mass is 364 g/mol. The van der Waals surface area contributed by atoms with Crippen molar-refractivity contribution in [1.82, 2.24) is 5.43 Å². The van der Waals surface area contributed by atoms with Crippen molar-refractivity contribution in [2.45, 2.75) is 13.0 Å². The number of hydrogen-bond donors (Lipinski definition) is 2. The smallest absolute Gasteiger partial charge is 0.134 e. The van der Waals surface area contributed by atoms with Crippen LogP contribution in [-0.2, 0) is 0 Å². The standard InChI is InChI=1S/C16H14BrClN2O/c1-9-3-2-4-12(15(9)17)16(20-19)14-8-10-7-11(18)5-6-13(10)21-14/h2-8,16,20H,19H2,1H3. The van der Waals surface area contributed by atoms with Gasteiger partial charge in [0.1, 0.15) is 17.4 Å². The predicted molar refractivity (Wildman–Crippen MR) is 89.3 cm³/mol. The van der Waals surface area contributed by atoms with Gasteiger partial charge in [-0.2, -0.15) is 0 Å². The van der Waals surface area contributed by atoms with Crippen molar-refractivity contribution < 1.29 is 4.42 Å². The second-order valence-electron chi connectivity index (χ2n) is 4.91. The van der Waals surface area contributed by atoms with Crippen LogP contribution in [0.5, 0.6) is 0 Å². The van der Waals surface area contributed by atoms with Gasteiger partial charge >= 0.3 is 0 Å². The van der Waals surface area contributed by atoms with E-state index in [1.54, 1.807) is 0 Å². The van der Waals surface area contributed by atoms with Gasteiger partial charge in [0.15, 0.2) is 0 Å². The molecule has 0 aliphatic carbocycles. The molecule has 0 amide bonds. The van der Waals surface area contributed by atoms with Gasteiger partial charge in [-0.1, -0.05) is 45.7 Å². The highest BCUT2D eigenvalue weighted by atomic mass is 79.9. The Balaban J connectivity index is 2.11. The Bertz CT molecular complexity index is 800. The van der Waals surface area contributed by atoms with Crippen LogP contribution in [0.4, 0.5) is 0 Å². The average Bonchev–Trinajstić information content (AvgIpc) is 2.87. The van der Waals surface area contributed by atoms with Crippen molar-refractivity contribution in [3.8, 4) is 0 Å². The van der Waals surface area contributed by atoms with E-state index in [9.17, 15) is 0 Å². The van der Waals surface area contributed by atoms with E-state index in [4.69, 9.17) is 21.9 Å². The zero-order valence-corrected chi connectivity index (χ0v) is 13.7. The molecule has 0 bridgehead atoms. The molecule has 3 rings (SSSR count). The first-order chi connectivity index (χ1) is 10.1. The van der Waals surface area contributed by atoms with Crippen molar-refractivity contribution in [2.24, 2.45) is 5.84 Å². The van der Waals surface area contributed by atoms with Crippen molar-refractivity contribution in [3.63, 3.8) is 0 Å². The maximum Gasteiger partial charge on any atom is 0.134 e. The first kappa shape index (κ1) is 14.6. The van der Waals surface area contributed by atoms with Gasteiger partial charge in [0.25, 0.3) is 0 Å². The van der Waals surface area contributed by atoms with Gasteiger partial charge in [0.2, 0.25) is 0 Å². The fourth-order valence-corrected chi connectivity index (χ4v) is 3.07. The SMILES string of the molecule is Cc1cccc(C(NN)c2cc3cc(Cl)ccc3o2)c1Br. The van der Waals surface area contributed by atoms with Gasteiger partial charge in [-0.25, -0.2) is 5.43 Å². The molecule has 2 aromatic carbocycles. The van der Waals surface area contributed by atoms with Crippen LogP contribution in [0.2, 0.25) is 5.02 Å². The lowest BCUT2D eigenvalue weighted by atomic mass is 10.0. The van der Waals surface area contributed by atoms with E-state index in [2.05, 4.69) is 21.4 Å². The third-order valence-corrected chi connectivity index (χ3v) is 4.80. The van der Waals surface area contributed by atoms with E-state index in [0.717, 1.165) is 32.3 Å². The molecule has 1 heterocycles. The van der Waals surface area contributed by atoms with E-state index < -0.39 is 0 Å². The van der Waals surface area contributed by atoms with Gasteiger partial charge in [0, 0.05) is 14.9 Å². The van der Waals surface area contributed by atoms with Crippen molar-refractivity contribution >= 4 is 38.5 Å². The van der Waals surface area contributed by atoms with Crippen LogP contribution < -0.4 is 11.3 Å². The molecule has 0 saturated heterocycles. The Morgan fingerprint density at radius 2 is 2.05 bits per heavy atom. The van der Waals surface area contributed by atoms with Crippen molar-refractivity contribution in [3.05, 3.63) is 68.8 Å². The van der Waals surface area contributed by atoms with E-state index in [1.165, 1.54) is 0 Å². The van der Waals surface area contributed by atoms with Gasteiger partial charge in [-0.15, -0.1) is 0 Å². The number of nitrogens with two attached hydrogens (primary N) is 1. The van der Waals surface area contributed by atoms with Crippen LogP contribution in [0.25, 0.3) is 11.0 Å². The predicted octanol–water partition coefficient (Wildman–Crippen LogP) is 4.71. The Kier molecular flexibility index (Phi) is 4.04. The number of halogens is 2. The molecule has 1 atom stereocenters. The number of fused-ring (bicyclic) bond motifs is 1. The number of hydrogen-bond acceptors (Lipinski definition) is 3. The van der Waals surface area contributed by atoms with Crippen LogP contribution in [-0.4, -0.2) is 0 Å². The lowest BCUT2D eigenvalue weighted by Gasteiger charge is -2.16. The number of hydrazine groups is 1. The van der Waals surface area contributed by atoms with Crippen molar-refractivity contribution in [2.75, 3.05) is 0 Å². The van der Waals surface area contributed by atoms with Gasteiger partial charge in [0.05, 0.1) is 0 Å². The Hall–Kier alpha value is -1.33. The number of benzene rings is 2. The van der Waals surface area contributed by atoms with Crippen LogP contribution >= 0.6 is 27.5 Å². The normalized spacial score (nSPS) is 12.8. The molecule has 0 fully saturated rings. The van der Waals surface area contributed by atoms with Gasteiger partial charge < -0.3 is 4.42 Å². The molecule has 0 aliphatic heterocycles. The summed E-state index contributed by atoms with van der Waals surface area (Å²) >= 11 is 9.63. The molecule has 3 aromatic rings. The minimum absolute atomic E-state index is 0.231. The highest BCUT2D eigenvalue weighted by molar-refractivity contribution is 9.10. The zero-order chi connectivity index (χ0) is 15.0. The second kappa shape index (κ2) is 5.81. The van der Waals surface area contributed by atoms with Gasteiger partial charge in [-0.05, 0) is 42.3 Å². The lowest BCUT2D eigenvalue weighted by molar-refractivity contribution is 0.476. The van der Waals surface area contributed by atoms with Crippen LogP contribution in [0.3, 0.4) is 0 Å². The molecule has 0 spiro atoms. The number of furan rings is 1. The fraction of sp³-hybridized carbons (Fsp3) is 0.125. The quantitative estimate of drug-likeness (QED) is 0.522. The Morgan fingerprint density at radius 1 is 1.24 bits per heavy atom. The molecular weight excluding hydrogens is 352 g/mol. The van der Waals surface area contributed by atoms with Crippen LogP contribution in [0.15, 0.2) is 51.4 Å². The van der Waals surface area contributed by atoms with E-state index in [0.29, 0.717) is 5.02 Å². The molecule has 108 valence electrons. The summed E-state index contributed by atoms with van der Waals surface area (Å²) in [5, 5.41) is 1.64. The molecular formula is C16H14BrClN2O. The van der Waals surface area contributed by atoms with Gasteiger partial charge in [-0.3, -0.25) is 5.84 Å². The summed E-state index contributed by atoms with van der Waals surface area (Å²) in [7, 11) is 0. The molecule has 0 saturated carbocycles. The first-order valence-electron chi connectivity index (χ1n) is 6.50. The molecule has 21 heavy (non-hydrogen) atoms. The molecule has 0 radical (unpaired) electrons. The average molecular weight is 366 g/mol. The molecule has 1 unspecified atom stereocenters. The summed E-state index contributed by atoms with van der Waals surface area (Å²) in [5.41, 5.74) is 5.79. The fourth-order valence-electron chi connectivity index (χ4n) is 2.40. The molecule has 5 heteroatoms. The maximum atomic E-state index is 6.01. The highest BCUT2D eigenvalue weighted by Crippen LogP contribution is 2.33. The van der Waals surface area contributed by atoms with E-state index in [1.807, 2.05) is 49.4 Å². The topological polar surface area (TPSA) is 51.2 Å². The second-order valence-corrected chi connectivity index (χ2v) is 6.14. The molecule has 3 N–H and O–H groups in total. The largest absolute Gasteiger partial charge is 0.459 e. The summed E-state index contributed by atoms with van der Waals surface area (Å²) in [4.78, 5) is 0. The number of rotatable bonds is 3. The number of nitrogens with one attached hydrogen (secondary N) is 1. The zero-order valence-electron chi connectivity index (χ0n) is 11.4.